The number of halogens is 3. The van der Waals surface area contributed by atoms with E-state index in [1.54, 1.807) is 17.1 Å². The lowest BCUT2D eigenvalue weighted by Gasteiger charge is -2.06. The Bertz CT molecular complexity index is 981. The molecule has 0 spiro atoms. The molecule has 3 aromatic heterocycles. The molecule has 4 rings (SSSR count). The smallest absolute Gasteiger partial charge is 0.280 e. The maximum absolute atomic E-state index is 13.4. The molecule has 1 amide bonds. The van der Waals surface area contributed by atoms with E-state index in [0.717, 1.165) is 17.4 Å². The summed E-state index contributed by atoms with van der Waals surface area (Å²) in [4.78, 5) is 16.7. The Morgan fingerprint density at radius 1 is 1.37 bits per heavy atom. The minimum atomic E-state index is -2.69. The van der Waals surface area contributed by atoms with Gasteiger partial charge in [-0.25, -0.2) is 18.3 Å². The number of hydrogen-bond donors (Lipinski definition) is 1. The third-order valence-electron chi connectivity index (χ3n) is 4.38. The monoisotopic (exact) mass is 394 g/mol. The molecule has 0 atom stereocenters. The summed E-state index contributed by atoms with van der Waals surface area (Å²) in [7, 11) is 0. The summed E-state index contributed by atoms with van der Waals surface area (Å²) in [5.41, 5.74) is 0.740. The maximum atomic E-state index is 13.4. The Hall–Kier alpha value is -2.55. The molecule has 0 bridgehead atoms. The van der Waals surface area contributed by atoms with Crippen molar-refractivity contribution in [2.24, 2.45) is 0 Å². The van der Waals surface area contributed by atoms with Crippen molar-refractivity contribution in [1.82, 2.24) is 29.7 Å². The van der Waals surface area contributed by atoms with Crippen LogP contribution < -0.4 is 5.32 Å². The van der Waals surface area contributed by atoms with Gasteiger partial charge in [0.25, 0.3) is 12.3 Å². The molecule has 1 fully saturated rings. The van der Waals surface area contributed by atoms with Crippen LogP contribution in [0.2, 0.25) is 5.02 Å². The number of nitrogens with zero attached hydrogens (tertiary/aromatic N) is 5. The highest BCUT2D eigenvalue weighted by Gasteiger charge is 2.28. The van der Waals surface area contributed by atoms with E-state index in [0.29, 0.717) is 30.2 Å². The summed E-state index contributed by atoms with van der Waals surface area (Å²) in [6.45, 7) is 0.993. The van der Waals surface area contributed by atoms with Crippen molar-refractivity contribution < 1.29 is 13.6 Å². The van der Waals surface area contributed by atoms with Crippen LogP contribution in [0.5, 0.6) is 0 Å². The number of aromatic nitrogens is 5. The summed E-state index contributed by atoms with van der Waals surface area (Å²) >= 11 is 5.79. The van der Waals surface area contributed by atoms with Crippen molar-refractivity contribution in [3.8, 4) is 0 Å². The third kappa shape index (κ3) is 3.92. The van der Waals surface area contributed by atoms with Crippen LogP contribution in [-0.2, 0) is 6.54 Å². The summed E-state index contributed by atoms with van der Waals surface area (Å²) in [5, 5.41) is 11.4. The van der Waals surface area contributed by atoms with Gasteiger partial charge < -0.3 is 5.32 Å². The molecule has 0 aliphatic heterocycles. The molecule has 0 unspecified atom stereocenters. The molecule has 0 saturated heterocycles. The Labute approximate surface area is 158 Å². The van der Waals surface area contributed by atoms with E-state index in [1.165, 1.54) is 12.1 Å². The zero-order chi connectivity index (χ0) is 19.0. The fraction of sp³-hybridized carbons (Fsp3) is 0.412. The second-order valence-corrected chi connectivity index (χ2v) is 6.95. The minimum Gasteiger partial charge on any atom is -0.351 e. The Morgan fingerprint density at radius 3 is 2.85 bits per heavy atom. The largest absolute Gasteiger partial charge is 0.351 e. The number of amides is 1. The van der Waals surface area contributed by atoms with Crippen LogP contribution in [0.3, 0.4) is 0 Å². The van der Waals surface area contributed by atoms with Gasteiger partial charge in [-0.1, -0.05) is 11.6 Å². The summed E-state index contributed by atoms with van der Waals surface area (Å²) < 4.78 is 29.5. The fourth-order valence-corrected chi connectivity index (χ4v) is 3.02. The molecule has 1 aliphatic rings. The Morgan fingerprint density at radius 2 is 2.19 bits per heavy atom. The molecule has 1 N–H and O–H groups in total. The molecule has 3 heterocycles. The van der Waals surface area contributed by atoms with Crippen molar-refractivity contribution in [3.05, 3.63) is 46.6 Å². The molecule has 1 saturated carbocycles. The van der Waals surface area contributed by atoms with Gasteiger partial charge >= 0.3 is 0 Å². The van der Waals surface area contributed by atoms with Crippen molar-refractivity contribution in [1.29, 1.82) is 0 Å². The second-order valence-electron chi connectivity index (χ2n) is 6.51. The molecule has 0 aromatic carbocycles. The lowest BCUT2D eigenvalue weighted by molar-refractivity contribution is 0.0946. The summed E-state index contributed by atoms with van der Waals surface area (Å²) in [6, 6.07) is 2.83. The van der Waals surface area contributed by atoms with Crippen LogP contribution in [0.1, 0.15) is 53.5 Å². The van der Waals surface area contributed by atoms with Crippen molar-refractivity contribution in [3.63, 3.8) is 0 Å². The number of carbonyl (C=O) groups excluding carboxylic acids is 1. The van der Waals surface area contributed by atoms with E-state index < -0.39 is 12.3 Å². The van der Waals surface area contributed by atoms with Crippen molar-refractivity contribution in [2.45, 2.75) is 38.2 Å². The number of hydrogen-bond acceptors (Lipinski definition) is 4. The highest BCUT2D eigenvalue weighted by molar-refractivity contribution is 6.30. The molecule has 10 heteroatoms. The highest BCUT2D eigenvalue weighted by Crippen LogP contribution is 2.40. The molecule has 3 aromatic rings. The molecule has 142 valence electrons. The molecular weight excluding hydrogens is 378 g/mol. The average molecular weight is 395 g/mol. The van der Waals surface area contributed by atoms with E-state index in [-0.39, 0.29) is 23.0 Å². The highest BCUT2D eigenvalue weighted by atomic mass is 35.5. The summed E-state index contributed by atoms with van der Waals surface area (Å²) in [5.74, 6) is -0.192. The van der Waals surface area contributed by atoms with Gasteiger partial charge in [0.2, 0.25) is 0 Å². The number of nitrogens with one attached hydrogen (secondary N) is 1. The number of alkyl halides is 2. The van der Waals surface area contributed by atoms with E-state index in [2.05, 4.69) is 20.5 Å². The maximum Gasteiger partial charge on any atom is 0.280 e. The van der Waals surface area contributed by atoms with E-state index in [9.17, 15) is 13.6 Å². The van der Waals surface area contributed by atoms with Crippen LogP contribution in [0.25, 0.3) is 5.65 Å². The lowest BCUT2D eigenvalue weighted by atomic mass is 10.2. The van der Waals surface area contributed by atoms with Gasteiger partial charge in [0, 0.05) is 37.0 Å². The zero-order valence-corrected chi connectivity index (χ0v) is 15.0. The summed E-state index contributed by atoms with van der Waals surface area (Å²) in [6.07, 6.45) is 3.10. The Kier molecular flexibility index (Phi) is 4.77. The average Bonchev–Trinajstić information content (AvgIpc) is 3.27. The molecule has 7 nitrogen and oxygen atoms in total. The van der Waals surface area contributed by atoms with Crippen LogP contribution in [0.15, 0.2) is 24.5 Å². The molecular formula is C17H17ClF2N6O. The standard InChI is InChI=1S/C17H17ClF2N6O/c18-11-8-22-25(9-11)5-1-4-21-17(27)13-7-15-23-12(10-2-3-10)6-14(16(19)20)26(15)24-13/h6-10,16H,1-5H2,(H,21,27). The number of carbonyl (C=O) groups is 1. The first kappa shape index (κ1) is 17.8. The van der Waals surface area contributed by atoms with Gasteiger partial charge in [0.1, 0.15) is 5.69 Å². The van der Waals surface area contributed by atoms with Gasteiger partial charge in [-0.2, -0.15) is 10.2 Å². The van der Waals surface area contributed by atoms with E-state index in [1.807, 2.05) is 0 Å². The van der Waals surface area contributed by atoms with Crippen molar-refractivity contribution in [2.75, 3.05) is 6.54 Å². The second kappa shape index (κ2) is 7.22. The fourth-order valence-electron chi connectivity index (χ4n) is 2.87. The SMILES string of the molecule is O=C(NCCCn1cc(Cl)cn1)c1cc2nc(C3CC3)cc(C(F)F)n2n1. The number of fused-ring (bicyclic) bond motifs is 1. The quantitative estimate of drug-likeness (QED) is 0.624. The predicted octanol–water partition coefficient (Wildman–Crippen LogP) is 3.21. The van der Waals surface area contributed by atoms with Crippen LogP contribution in [0.4, 0.5) is 8.78 Å². The van der Waals surface area contributed by atoms with Gasteiger partial charge in [-0.15, -0.1) is 0 Å². The van der Waals surface area contributed by atoms with Crippen LogP contribution in [-0.4, -0.2) is 36.8 Å². The molecule has 27 heavy (non-hydrogen) atoms. The van der Waals surface area contributed by atoms with Gasteiger partial charge in [0.15, 0.2) is 11.3 Å². The van der Waals surface area contributed by atoms with E-state index >= 15 is 0 Å². The third-order valence-corrected chi connectivity index (χ3v) is 4.57. The number of aryl methyl sites for hydroxylation is 1. The number of rotatable bonds is 7. The minimum absolute atomic E-state index is 0.0690. The predicted molar refractivity (Wildman–Crippen MR) is 94.1 cm³/mol. The molecule has 1 aliphatic carbocycles. The zero-order valence-electron chi connectivity index (χ0n) is 14.3. The van der Waals surface area contributed by atoms with Crippen molar-refractivity contribution >= 4 is 23.2 Å². The normalized spacial score (nSPS) is 14.2. The van der Waals surface area contributed by atoms with Crippen LogP contribution in [0, 0.1) is 0 Å². The Balaban J connectivity index is 1.44. The topological polar surface area (TPSA) is 77.1 Å². The lowest BCUT2D eigenvalue weighted by Crippen LogP contribution is -2.25. The van der Waals surface area contributed by atoms with Crippen LogP contribution >= 0.6 is 11.6 Å². The first-order chi connectivity index (χ1) is 13.0. The van der Waals surface area contributed by atoms with Gasteiger partial charge in [-0.3, -0.25) is 9.48 Å². The van der Waals surface area contributed by atoms with Gasteiger partial charge in [0.05, 0.1) is 11.2 Å². The first-order valence-corrected chi connectivity index (χ1v) is 9.04. The molecule has 0 radical (unpaired) electrons. The first-order valence-electron chi connectivity index (χ1n) is 8.66. The van der Waals surface area contributed by atoms with E-state index in [4.69, 9.17) is 11.6 Å². The van der Waals surface area contributed by atoms with Gasteiger partial charge in [-0.05, 0) is 25.3 Å².